The van der Waals surface area contributed by atoms with Crippen LogP contribution in [-0.4, -0.2) is 111 Å². The molecule has 396 valence electrons. The minimum atomic E-state index is -2.60. The van der Waals surface area contributed by atoms with E-state index in [9.17, 15) is 54.6 Å². The number of amides is 1. The van der Waals surface area contributed by atoms with Crippen molar-refractivity contribution >= 4 is 52.9 Å². The smallest absolute Gasteiger partial charge is 0.338 e. The Kier molecular flexibility index (Phi) is 14.8. The van der Waals surface area contributed by atoms with Crippen LogP contribution in [0.5, 0.6) is 0 Å². The fraction of sp³-hybridized carbons (Fsp3) is 0.389. The number of carbonyl (C=O) groups excluding carboxylic acids is 7. The minimum Gasteiger partial charge on any atom is -0.458 e. The summed E-state index contributed by atoms with van der Waals surface area (Å²) in [6.45, 7) is 7.30. The molecule has 0 aromatic heterocycles. The molecule has 0 radical (unpaired) electrons. The molecule has 2 bridgehead atoms. The average molecular weight is 1040 g/mol. The molecule has 2 saturated carbocycles. The second-order valence-electron chi connectivity index (χ2n) is 19.9. The van der Waals surface area contributed by atoms with Gasteiger partial charge < -0.3 is 44.0 Å². The number of aliphatic hydroxyl groups is 2. The van der Waals surface area contributed by atoms with E-state index in [0.29, 0.717) is 5.56 Å². The highest BCUT2D eigenvalue weighted by atomic mass is 16.6. The van der Waals surface area contributed by atoms with Crippen molar-refractivity contribution < 1.29 is 77.1 Å². The number of fused-ring (bicyclic) bond motifs is 5. The van der Waals surface area contributed by atoms with Gasteiger partial charge in [0.25, 0.3) is 11.6 Å². The first-order valence-corrected chi connectivity index (χ1v) is 24.1. The molecule has 0 unspecified atom stereocenters. The number of rotatable bonds is 14. The highest BCUT2D eigenvalue weighted by Gasteiger charge is 2.79. The van der Waals surface area contributed by atoms with Crippen LogP contribution in [0.1, 0.15) is 97.1 Å². The van der Waals surface area contributed by atoms with Crippen LogP contribution in [0.3, 0.4) is 0 Å². The molecule has 1 heterocycles. The molecule has 22 nitrogen and oxygen atoms in total. The van der Waals surface area contributed by atoms with Gasteiger partial charge in [-0.15, -0.1) is 0 Å². The third kappa shape index (κ3) is 9.55. The molecule has 8 rings (SSSR count). The van der Waals surface area contributed by atoms with Crippen LogP contribution in [0.4, 0.5) is 11.4 Å². The van der Waals surface area contributed by atoms with Crippen LogP contribution in [0.2, 0.25) is 0 Å². The predicted octanol–water partition coefficient (Wildman–Crippen LogP) is 6.45. The molecule has 3 N–H and O–H groups in total. The van der Waals surface area contributed by atoms with Crippen molar-refractivity contribution in [2.24, 2.45) is 21.9 Å². The first kappa shape index (κ1) is 54.0. The summed E-state index contributed by atoms with van der Waals surface area (Å²) in [4.78, 5) is 114. The zero-order chi connectivity index (χ0) is 55.1. The Balaban J connectivity index is 1.32. The van der Waals surface area contributed by atoms with E-state index < -0.39 is 148 Å². The normalized spacial score (nSPS) is 27.8. The van der Waals surface area contributed by atoms with Crippen molar-refractivity contribution in [1.29, 1.82) is 0 Å². The molecule has 76 heavy (non-hydrogen) atoms. The number of nitrogens with one attached hydrogen (secondary N) is 1. The summed E-state index contributed by atoms with van der Waals surface area (Å²) in [6.07, 6.45) is -12.0. The largest absolute Gasteiger partial charge is 0.458 e. The van der Waals surface area contributed by atoms with Gasteiger partial charge in [-0.05, 0) is 66.4 Å². The third-order valence-electron chi connectivity index (χ3n) is 15.2. The van der Waals surface area contributed by atoms with Crippen LogP contribution < -0.4 is 5.32 Å². The number of benzene rings is 4. The van der Waals surface area contributed by atoms with Crippen molar-refractivity contribution in [2.75, 3.05) is 6.61 Å². The Morgan fingerprint density at radius 3 is 2.01 bits per heavy atom. The van der Waals surface area contributed by atoms with E-state index in [2.05, 4.69) is 15.3 Å². The van der Waals surface area contributed by atoms with Crippen LogP contribution in [0.25, 0.3) is 10.4 Å². The van der Waals surface area contributed by atoms with Crippen molar-refractivity contribution in [3.63, 3.8) is 0 Å². The first-order chi connectivity index (χ1) is 36.0. The van der Waals surface area contributed by atoms with Gasteiger partial charge in [-0.1, -0.05) is 85.7 Å². The lowest BCUT2D eigenvalue weighted by Crippen LogP contribution is -2.82. The summed E-state index contributed by atoms with van der Waals surface area (Å²) in [5, 5.41) is 44.1. The van der Waals surface area contributed by atoms with E-state index in [1.165, 1.54) is 64.1 Å². The number of aliphatic hydroxyl groups excluding tert-OH is 1. The van der Waals surface area contributed by atoms with E-state index in [0.717, 1.165) is 32.0 Å². The Hall–Kier alpha value is -8.30. The number of nitrogens with zero attached hydrogens (tertiary/aromatic N) is 4. The van der Waals surface area contributed by atoms with Gasteiger partial charge in [0.2, 0.25) is 0 Å². The van der Waals surface area contributed by atoms with Gasteiger partial charge in [0.1, 0.15) is 30.0 Å². The summed E-state index contributed by atoms with van der Waals surface area (Å²) in [5.41, 5.74) is -0.801. The molecule has 1 saturated heterocycles. The lowest BCUT2D eigenvalue weighted by atomic mass is 9.44. The third-order valence-corrected chi connectivity index (χ3v) is 15.2. The van der Waals surface area contributed by atoms with Gasteiger partial charge in [0, 0.05) is 60.4 Å². The van der Waals surface area contributed by atoms with Gasteiger partial charge >= 0.3 is 29.8 Å². The molecule has 4 aliphatic rings. The molecule has 11 atom stereocenters. The fourth-order valence-electron chi connectivity index (χ4n) is 11.5. The quantitative estimate of drug-likeness (QED) is 0.0178. The summed E-state index contributed by atoms with van der Waals surface area (Å²) < 4.78 is 37.1. The molecule has 4 aromatic carbocycles. The number of azide groups is 1. The molecule has 1 amide bonds. The Labute approximate surface area is 434 Å². The molecule has 3 fully saturated rings. The van der Waals surface area contributed by atoms with E-state index in [4.69, 9.17) is 28.4 Å². The van der Waals surface area contributed by atoms with Crippen molar-refractivity contribution in [1.82, 2.24) is 5.32 Å². The first-order valence-electron chi connectivity index (χ1n) is 24.1. The van der Waals surface area contributed by atoms with Crippen molar-refractivity contribution in [3.05, 3.63) is 163 Å². The van der Waals surface area contributed by atoms with Gasteiger partial charge in [-0.2, -0.15) is 0 Å². The number of ketones is 1. The van der Waals surface area contributed by atoms with Crippen molar-refractivity contribution in [3.8, 4) is 0 Å². The Bertz CT molecular complexity index is 3070. The van der Waals surface area contributed by atoms with E-state index in [1.807, 2.05) is 0 Å². The number of esters is 5. The molecule has 22 heteroatoms. The second-order valence-corrected chi connectivity index (χ2v) is 19.9. The maximum atomic E-state index is 16.3. The second kappa shape index (κ2) is 20.8. The highest BCUT2D eigenvalue weighted by Crippen LogP contribution is 2.65. The molecular weight excluding hydrogens is 991 g/mol. The van der Waals surface area contributed by atoms with Gasteiger partial charge in [-0.3, -0.25) is 29.3 Å². The van der Waals surface area contributed by atoms with Crippen LogP contribution in [0.15, 0.2) is 125 Å². The number of hydrogen-bond donors (Lipinski definition) is 3. The number of Topliss-reactive ketones (excluding diaryl/α,β-unsaturated/α-hetero) is 1. The lowest BCUT2D eigenvalue weighted by Gasteiger charge is -2.67. The van der Waals surface area contributed by atoms with E-state index in [-0.39, 0.29) is 28.0 Å². The standard InChI is InChI=1S/C54H53N5O17/c1-28-37(73-50(67)42(62)41(31-16-10-7-11-17-31)56-47(64)32-18-12-8-13-19-32)26-54(68)46(75-48(65)33-20-14-9-15-21-33)44-52(6,45(63)43(72-29(2)60)40(28)51(54,4)5)38(25-39-53(44,27-71-39)76-30(3)61)74-49(66)34-22-35(57-58-55)24-36(23-34)59(69)70/h7-24,37-39,41-44,46,62,68H,25-27H2,1-6H3,(H,56,64)/t37-,38-,39+,41-,42+,43+,44-,46-,52+,53-,54+/m0/s1. The number of non-ortho nitro benzene ring substituents is 1. The topological polar surface area (TPSA) is 319 Å². The SMILES string of the molecule is CC(=O)O[C@H]1C(=O)[C@]2(C)[C@@H](OC(=O)c3cc(N=[N+]=[N-])cc([N+](=O)[O-])c3)C[C@H]3OC[C@@]3(OC(C)=O)[C@H]2[C@H](OC(=O)c2ccccc2)[C@]2(O)C[C@H](OC(=O)[C@H](O)[C@@H](NC(=O)c3ccccc3)c3ccccc3)C(C)=C1C2(C)C. The zero-order valence-corrected chi connectivity index (χ0v) is 41.9. The number of carbonyl (C=O) groups is 7. The number of nitro groups is 1. The zero-order valence-electron chi connectivity index (χ0n) is 41.9. The Morgan fingerprint density at radius 1 is 0.842 bits per heavy atom. The molecule has 3 aliphatic carbocycles. The highest BCUT2D eigenvalue weighted by molar-refractivity contribution is 5.97. The predicted molar refractivity (Wildman–Crippen MR) is 263 cm³/mol. The summed E-state index contributed by atoms with van der Waals surface area (Å²) >= 11 is 0. The van der Waals surface area contributed by atoms with Crippen LogP contribution in [0, 0.1) is 26.9 Å². The minimum absolute atomic E-state index is 0.0423. The molecule has 4 aromatic rings. The lowest BCUT2D eigenvalue weighted by molar-refractivity contribution is -0.384. The number of ether oxygens (including phenoxy) is 6. The number of hydrogen-bond acceptors (Lipinski definition) is 18. The fourth-order valence-corrected chi connectivity index (χ4v) is 11.5. The molecule has 0 spiro atoms. The maximum Gasteiger partial charge on any atom is 0.338 e. The van der Waals surface area contributed by atoms with Crippen LogP contribution >= 0.6 is 0 Å². The Morgan fingerprint density at radius 2 is 1.45 bits per heavy atom. The molecular formula is C54H53N5O17. The summed E-state index contributed by atoms with van der Waals surface area (Å²) in [7, 11) is 0. The van der Waals surface area contributed by atoms with Gasteiger partial charge in [0.05, 0.1) is 40.0 Å². The maximum absolute atomic E-state index is 16.3. The van der Waals surface area contributed by atoms with Gasteiger partial charge in [0.15, 0.2) is 23.6 Å². The molecule has 1 aliphatic heterocycles. The summed E-state index contributed by atoms with van der Waals surface area (Å²) in [5.74, 6) is -9.11. The summed E-state index contributed by atoms with van der Waals surface area (Å²) in [6, 6.07) is 24.9. The van der Waals surface area contributed by atoms with E-state index in [1.54, 1.807) is 54.6 Å². The van der Waals surface area contributed by atoms with Crippen molar-refractivity contribution in [2.45, 2.75) is 108 Å². The number of nitro benzene ring substituents is 1. The average Bonchev–Trinajstić information content (AvgIpc) is 3.50. The van der Waals surface area contributed by atoms with Crippen LogP contribution in [-0.2, 0) is 47.6 Å². The van der Waals surface area contributed by atoms with E-state index >= 15 is 4.79 Å². The van der Waals surface area contributed by atoms with Gasteiger partial charge in [-0.25, -0.2) is 14.4 Å². The monoisotopic (exact) mass is 1040 g/mol.